The predicted octanol–water partition coefficient (Wildman–Crippen LogP) is 1.43. The molecule has 0 saturated carbocycles. The van der Waals surface area contributed by atoms with Gasteiger partial charge in [0.25, 0.3) is 10.2 Å². The Bertz CT molecular complexity index is 399. The van der Waals surface area contributed by atoms with Crippen molar-refractivity contribution in [3.63, 3.8) is 0 Å². The second kappa shape index (κ2) is 7.20. The van der Waals surface area contributed by atoms with Gasteiger partial charge in [0, 0.05) is 32.2 Å². The van der Waals surface area contributed by atoms with Crippen LogP contribution in [0.5, 0.6) is 0 Å². The van der Waals surface area contributed by atoms with Crippen molar-refractivity contribution in [2.24, 2.45) is 5.92 Å². The Kier molecular flexibility index (Phi) is 5.84. The number of piperidine rings is 1. The van der Waals surface area contributed by atoms with E-state index in [1.165, 1.54) is 0 Å². The fraction of sp³-hybridized carbons (Fsp3) is 1.00. The van der Waals surface area contributed by atoms with Gasteiger partial charge in [-0.2, -0.15) is 17.0 Å². The second-order valence-electron chi connectivity index (χ2n) is 6.00. The lowest BCUT2D eigenvalue weighted by molar-refractivity contribution is 0.230. The van der Waals surface area contributed by atoms with Gasteiger partial charge in [-0.3, -0.25) is 0 Å². The van der Waals surface area contributed by atoms with Gasteiger partial charge in [0.15, 0.2) is 0 Å². The lowest BCUT2D eigenvalue weighted by Gasteiger charge is -2.37. The van der Waals surface area contributed by atoms with Crippen LogP contribution in [-0.2, 0) is 10.2 Å². The van der Waals surface area contributed by atoms with E-state index in [1.54, 1.807) is 8.61 Å². The van der Waals surface area contributed by atoms with Crippen LogP contribution in [0.4, 0.5) is 0 Å². The van der Waals surface area contributed by atoms with Gasteiger partial charge in [-0.1, -0.05) is 26.7 Å². The second-order valence-corrected chi connectivity index (χ2v) is 7.88. The summed E-state index contributed by atoms with van der Waals surface area (Å²) in [4.78, 5) is 0. The lowest BCUT2D eigenvalue weighted by atomic mass is 10.1. The third-order valence-corrected chi connectivity index (χ3v) is 6.71. The molecule has 0 aromatic heterocycles. The first kappa shape index (κ1) is 16.2. The van der Waals surface area contributed by atoms with E-state index in [9.17, 15) is 8.42 Å². The van der Waals surface area contributed by atoms with E-state index in [0.717, 1.165) is 45.2 Å². The van der Waals surface area contributed by atoms with E-state index in [4.69, 9.17) is 0 Å². The predicted molar refractivity (Wildman–Crippen MR) is 81.8 cm³/mol. The van der Waals surface area contributed by atoms with Crippen LogP contribution in [0.25, 0.3) is 0 Å². The largest absolute Gasteiger partial charge is 0.315 e. The monoisotopic (exact) mass is 303 g/mol. The fourth-order valence-electron chi connectivity index (χ4n) is 3.28. The zero-order chi connectivity index (χ0) is 14.6. The summed E-state index contributed by atoms with van der Waals surface area (Å²) in [6, 6.07) is 0.134. The molecule has 1 N–H and O–H groups in total. The molecule has 0 bridgehead atoms. The highest BCUT2D eigenvalue weighted by Gasteiger charge is 2.39. The highest BCUT2D eigenvalue weighted by Crippen LogP contribution is 2.27. The van der Waals surface area contributed by atoms with Crippen molar-refractivity contribution in [2.75, 3.05) is 32.7 Å². The Hall–Kier alpha value is -0.170. The average Bonchev–Trinajstić information content (AvgIpc) is 2.95. The number of nitrogens with zero attached hydrogens (tertiary/aromatic N) is 2. The Balaban J connectivity index is 2.05. The van der Waals surface area contributed by atoms with Crippen LogP contribution >= 0.6 is 0 Å². The van der Waals surface area contributed by atoms with Gasteiger partial charge in [0.1, 0.15) is 0 Å². The van der Waals surface area contributed by atoms with E-state index < -0.39 is 10.2 Å². The highest BCUT2D eigenvalue weighted by atomic mass is 32.2. The SMILES string of the molecule is CCNCC1CCCCN1S(=O)(=O)N1CCC(CC)C1. The Labute approximate surface area is 123 Å². The maximum Gasteiger partial charge on any atom is 0.282 e. The molecule has 0 aliphatic carbocycles. The molecule has 0 aromatic carbocycles. The average molecular weight is 303 g/mol. The summed E-state index contributed by atoms with van der Waals surface area (Å²) < 4.78 is 29.2. The highest BCUT2D eigenvalue weighted by molar-refractivity contribution is 7.86. The molecule has 0 radical (unpaired) electrons. The minimum atomic E-state index is -3.26. The van der Waals surface area contributed by atoms with Crippen molar-refractivity contribution < 1.29 is 8.42 Å². The Morgan fingerprint density at radius 1 is 1.15 bits per heavy atom. The number of rotatable bonds is 6. The summed E-state index contributed by atoms with van der Waals surface area (Å²) in [6.07, 6.45) is 5.21. The third kappa shape index (κ3) is 3.53. The molecule has 2 atom stereocenters. The molecule has 2 aliphatic heterocycles. The molecule has 2 fully saturated rings. The number of hydrogen-bond acceptors (Lipinski definition) is 3. The van der Waals surface area contributed by atoms with E-state index >= 15 is 0 Å². The van der Waals surface area contributed by atoms with Crippen molar-refractivity contribution in [3.8, 4) is 0 Å². The summed E-state index contributed by atoms with van der Waals surface area (Å²) >= 11 is 0. The first-order valence-corrected chi connectivity index (χ1v) is 9.46. The minimum absolute atomic E-state index is 0.134. The number of nitrogens with one attached hydrogen (secondary N) is 1. The van der Waals surface area contributed by atoms with Gasteiger partial charge in [-0.15, -0.1) is 0 Å². The molecule has 2 unspecified atom stereocenters. The molecule has 2 aliphatic rings. The summed E-state index contributed by atoms with van der Waals surface area (Å²) in [6.45, 7) is 7.98. The Morgan fingerprint density at radius 3 is 2.60 bits per heavy atom. The summed E-state index contributed by atoms with van der Waals surface area (Å²) in [5.41, 5.74) is 0. The fourth-order valence-corrected chi connectivity index (χ4v) is 5.23. The van der Waals surface area contributed by atoms with Crippen molar-refractivity contribution in [1.29, 1.82) is 0 Å². The molecule has 5 nitrogen and oxygen atoms in total. The van der Waals surface area contributed by atoms with Crippen molar-refractivity contribution >= 4 is 10.2 Å². The summed E-state index contributed by atoms with van der Waals surface area (Å²) in [7, 11) is -3.26. The van der Waals surface area contributed by atoms with Crippen LogP contribution in [0.3, 0.4) is 0 Å². The molecule has 20 heavy (non-hydrogen) atoms. The minimum Gasteiger partial charge on any atom is -0.315 e. The maximum atomic E-state index is 12.8. The summed E-state index contributed by atoms with van der Waals surface area (Å²) in [5.74, 6) is 0.543. The molecular formula is C14H29N3O2S. The van der Waals surface area contributed by atoms with Crippen LogP contribution in [0, 0.1) is 5.92 Å². The number of hydrogen-bond donors (Lipinski definition) is 1. The van der Waals surface area contributed by atoms with Gasteiger partial charge in [-0.05, 0) is 31.7 Å². The third-order valence-electron chi connectivity index (χ3n) is 4.65. The topological polar surface area (TPSA) is 52.7 Å². The first-order valence-electron chi connectivity index (χ1n) is 8.07. The van der Waals surface area contributed by atoms with Crippen LogP contribution in [0.15, 0.2) is 0 Å². The van der Waals surface area contributed by atoms with E-state index in [-0.39, 0.29) is 6.04 Å². The number of likely N-dealkylation sites (N-methyl/N-ethyl adjacent to an activating group) is 1. The molecule has 118 valence electrons. The zero-order valence-corrected chi connectivity index (χ0v) is 13.7. The van der Waals surface area contributed by atoms with Gasteiger partial charge < -0.3 is 5.32 Å². The lowest BCUT2D eigenvalue weighted by Crippen LogP contribution is -2.53. The van der Waals surface area contributed by atoms with E-state index in [0.29, 0.717) is 25.6 Å². The smallest absolute Gasteiger partial charge is 0.282 e. The van der Waals surface area contributed by atoms with Gasteiger partial charge in [-0.25, -0.2) is 0 Å². The van der Waals surface area contributed by atoms with E-state index in [1.807, 2.05) is 0 Å². The molecule has 0 aromatic rings. The normalized spacial score (nSPS) is 29.9. The molecule has 0 amide bonds. The van der Waals surface area contributed by atoms with Crippen molar-refractivity contribution in [2.45, 2.75) is 52.0 Å². The van der Waals surface area contributed by atoms with Crippen LogP contribution < -0.4 is 5.32 Å². The van der Waals surface area contributed by atoms with Crippen LogP contribution in [0.1, 0.15) is 46.0 Å². The van der Waals surface area contributed by atoms with Gasteiger partial charge in [0.2, 0.25) is 0 Å². The molecule has 2 saturated heterocycles. The maximum absolute atomic E-state index is 12.8. The van der Waals surface area contributed by atoms with E-state index in [2.05, 4.69) is 19.2 Å². The standard InChI is InChI=1S/C14H29N3O2S/c1-3-13-8-10-16(12-13)20(18,19)17-9-6-5-7-14(17)11-15-4-2/h13-15H,3-12H2,1-2H3. The molecular weight excluding hydrogens is 274 g/mol. The van der Waals surface area contributed by atoms with Crippen molar-refractivity contribution in [3.05, 3.63) is 0 Å². The molecule has 0 spiro atoms. The molecule has 2 heterocycles. The quantitative estimate of drug-likeness (QED) is 0.807. The first-order chi connectivity index (χ1) is 9.59. The molecule has 6 heteroatoms. The van der Waals surface area contributed by atoms with Crippen molar-refractivity contribution in [1.82, 2.24) is 13.9 Å². The Morgan fingerprint density at radius 2 is 1.95 bits per heavy atom. The molecule has 2 rings (SSSR count). The summed E-state index contributed by atoms with van der Waals surface area (Å²) in [5, 5.41) is 3.31. The zero-order valence-electron chi connectivity index (χ0n) is 12.8. The van der Waals surface area contributed by atoms with Gasteiger partial charge in [0.05, 0.1) is 0 Å². The van der Waals surface area contributed by atoms with Crippen LogP contribution in [-0.4, -0.2) is 55.8 Å². The van der Waals surface area contributed by atoms with Gasteiger partial charge >= 0.3 is 0 Å². The van der Waals surface area contributed by atoms with Crippen LogP contribution in [0.2, 0.25) is 0 Å².